The largest absolute Gasteiger partial charge is 0.353 e. The number of hydrogen-bond donors (Lipinski definition) is 0. The van der Waals surface area contributed by atoms with Gasteiger partial charge in [0.25, 0.3) is 0 Å². The third kappa shape index (κ3) is 4.05. The van der Waals surface area contributed by atoms with E-state index in [1.807, 2.05) is 40.6 Å². The van der Waals surface area contributed by atoms with E-state index in [0.29, 0.717) is 5.75 Å². The third-order valence-corrected chi connectivity index (χ3v) is 6.52. The smallest absolute Gasteiger partial charge is 0.233 e. The summed E-state index contributed by atoms with van der Waals surface area (Å²) in [6, 6.07) is 9.97. The van der Waals surface area contributed by atoms with Crippen molar-refractivity contribution in [3.63, 3.8) is 0 Å². The van der Waals surface area contributed by atoms with Crippen LogP contribution in [0, 0.1) is 0 Å². The Balaban J connectivity index is 1.33. The molecule has 0 spiro atoms. The summed E-state index contributed by atoms with van der Waals surface area (Å²) in [7, 11) is 0. The molecule has 9 heteroatoms. The maximum atomic E-state index is 12.7. The van der Waals surface area contributed by atoms with Crippen LogP contribution in [0.2, 0.25) is 0 Å². The van der Waals surface area contributed by atoms with Crippen LogP contribution in [-0.4, -0.2) is 62.5 Å². The minimum atomic E-state index is 0.147. The molecule has 146 valence electrons. The quantitative estimate of drug-likeness (QED) is 0.578. The second kappa shape index (κ2) is 8.74. The Bertz CT molecular complexity index is 904. The molecule has 0 atom stereocenters. The average Bonchev–Trinajstić information content (AvgIpc) is 3.42. The minimum absolute atomic E-state index is 0.147. The Hall–Kier alpha value is -2.39. The van der Waals surface area contributed by atoms with E-state index in [2.05, 4.69) is 31.6 Å². The molecule has 0 aromatic carbocycles. The molecular formula is C19H22N6OS2. The first-order chi connectivity index (χ1) is 13.8. The molecule has 0 aliphatic carbocycles. The molecule has 0 radical (unpaired) electrons. The zero-order chi connectivity index (χ0) is 19.3. The molecule has 7 nitrogen and oxygen atoms in total. The van der Waals surface area contributed by atoms with Crippen LogP contribution in [0.25, 0.3) is 10.7 Å². The predicted molar refractivity (Wildman–Crippen MR) is 113 cm³/mol. The summed E-state index contributed by atoms with van der Waals surface area (Å²) >= 11 is 3.11. The molecule has 4 rings (SSSR count). The van der Waals surface area contributed by atoms with Gasteiger partial charge in [0.15, 0.2) is 11.0 Å². The van der Waals surface area contributed by atoms with Gasteiger partial charge in [0.2, 0.25) is 5.91 Å². The second-order valence-electron chi connectivity index (χ2n) is 6.37. The van der Waals surface area contributed by atoms with Crippen LogP contribution in [0.3, 0.4) is 0 Å². The number of carbonyl (C=O) groups is 1. The lowest BCUT2D eigenvalue weighted by molar-refractivity contribution is -0.128. The lowest BCUT2D eigenvalue weighted by atomic mass is 10.3. The number of anilines is 1. The van der Waals surface area contributed by atoms with Crippen molar-refractivity contribution >= 4 is 34.8 Å². The number of rotatable bonds is 6. The molecule has 0 saturated carbocycles. The fraction of sp³-hybridized carbons (Fsp3) is 0.368. The van der Waals surface area contributed by atoms with Gasteiger partial charge >= 0.3 is 0 Å². The maximum Gasteiger partial charge on any atom is 0.233 e. The number of carbonyl (C=O) groups excluding carboxylic acids is 1. The van der Waals surface area contributed by atoms with Crippen molar-refractivity contribution in [1.29, 1.82) is 0 Å². The van der Waals surface area contributed by atoms with Gasteiger partial charge in [-0.05, 0) is 30.5 Å². The summed E-state index contributed by atoms with van der Waals surface area (Å²) in [4.78, 5) is 22.3. The molecule has 1 fully saturated rings. The topological polar surface area (TPSA) is 67.2 Å². The van der Waals surface area contributed by atoms with E-state index < -0.39 is 0 Å². The van der Waals surface area contributed by atoms with Gasteiger partial charge in [-0.25, -0.2) is 4.98 Å². The van der Waals surface area contributed by atoms with E-state index in [-0.39, 0.29) is 5.91 Å². The van der Waals surface area contributed by atoms with Crippen molar-refractivity contribution in [2.24, 2.45) is 0 Å². The van der Waals surface area contributed by atoms with E-state index in [9.17, 15) is 4.79 Å². The molecule has 28 heavy (non-hydrogen) atoms. The summed E-state index contributed by atoms with van der Waals surface area (Å²) in [5.41, 5.74) is 0. The van der Waals surface area contributed by atoms with Crippen LogP contribution in [0.5, 0.6) is 0 Å². The third-order valence-electron chi connectivity index (χ3n) is 4.71. The van der Waals surface area contributed by atoms with Gasteiger partial charge in [-0.1, -0.05) is 23.9 Å². The number of piperazine rings is 1. The van der Waals surface area contributed by atoms with Crippen LogP contribution in [0.1, 0.15) is 6.92 Å². The molecule has 3 aromatic rings. The SMILES string of the molecule is CCn1c(SCC(=O)N2CCN(c3ccccn3)CC2)nnc1-c1cccs1. The molecule has 1 amide bonds. The summed E-state index contributed by atoms with van der Waals surface area (Å²) in [5, 5.41) is 11.5. The molecule has 1 aliphatic heterocycles. The molecule has 1 saturated heterocycles. The zero-order valence-electron chi connectivity index (χ0n) is 15.7. The number of amides is 1. The number of hydrogen-bond acceptors (Lipinski definition) is 7. The van der Waals surface area contributed by atoms with Crippen LogP contribution >= 0.6 is 23.1 Å². The lowest BCUT2D eigenvalue weighted by Crippen LogP contribution is -2.49. The minimum Gasteiger partial charge on any atom is -0.353 e. The normalized spacial score (nSPS) is 14.5. The summed E-state index contributed by atoms with van der Waals surface area (Å²) in [6.45, 7) is 5.90. The first kappa shape index (κ1) is 18.9. The predicted octanol–water partition coefficient (Wildman–Crippen LogP) is 2.86. The number of nitrogens with zero attached hydrogens (tertiary/aromatic N) is 6. The monoisotopic (exact) mass is 414 g/mol. The highest BCUT2D eigenvalue weighted by Gasteiger charge is 2.23. The van der Waals surface area contributed by atoms with Crippen LogP contribution in [-0.2, 0) is 11.3 Å². The Labute approximate surface area is 172 Å². The van der Waals surface area contributed by atoms with E-state index in [1.54, 1.807) is 17.5 Å². The first-order valence-electron chi connectivity index (χ1n) is 9.30. The van der Waals surface area contributed by atoms with Gasteiger partial charge in [-0.2, -0.15) is 0 Å². The van der Waals surface area contributed by atoms with Gasteiger partial charge < -0.3 is 14.4 Å². The van der Waals surface area contributed by atoms with E-state index in [4.69, 9.17) is 0 Å². The van der Waals surface area contributed by atoms with Crippen LogP contribution in [0.4, 0.5) is 5.82 Å². The van der Waals surface area contributed by atoms with Crippen molar-refractivity contribution < 1.29 is 4.79 Å². The van der Waals surface area contributed by atoms with Crippen molar-refractivity contribution in [1.82, 2.24) is 24.6 Å². The highest BCUT2D eigenvalue weighted by Crippen LogP contribution is 2.27. The maximum absolute atomic E-state index is 12.7. The van der Waals surface area contributed by atoms with Gasteiger partial charge in [0.1, 0.15) is 5.82 Å². The molecule has 0 unspecified atom stereocenters. The Morgan fingerprint density at radius 3 is 2.68 bits per heavy atom. The van der Waals surface area contributed by atoms with Gasteiger partial charge in [-0.3, -0.25) is 4.79 Å². The van der Waals surface area contributed by atoms with Gasteiger partial charge in [0, 0.05) is 38.9 Å². The summed E-state index contributed by atoms with van der Waals surface area (Å²) in [6.07, 6.45) is 1.80. The fourth-order valence-corrected chi connectivity index (χ4v) is 4.83. The standard InChI is InChI=1S/C19H22N6OS2/c1-2-25-18(15-6-5-13-27-15)21-22-19(25)28-14-17(26)24-11-9-23(10-12-24)16-7-3-4-8-20-16/h3-8,13H,2,9-12,14H2,1H3. The summed E-state index contributed by atoms with van der Waals surface area (Å²) < 4.78 is 2.07. The number of aromatic nitrogens is 4. The van der Waals surface area contributed by atoms with Crippen molar-refractivity contribution in [2.45, 2.75) is 18.6 Å². The molecule has 0 bridgehead atoms. The average molecular weight is 415 g/mol. The zero-order valence-corrected chi connectivity index (χ0v) is 17.3. The molecule has 0 N–H and O–H groups in total. The van der Waals surface area contributed by atoms with Gasteiger partial charge in [-0.15, -0.1) is 21.5 Å². The molecule has 3 aromatic heterocycles. The first-order valence-corrected chi connectivity index (χ1v) is 11.2. The van der Waals surface area contributed by atoms with E-state index in [0.717, 1.165) is 54.4 Å². The highest BCUT2D eigenvalue weighted by molar-refractivity contribution is 7.99. The van der Waals surface area contributed by atoms with Crippen molar-refractivity contribution in [3.05, 3.63) is 41.9 Å². The highest BCUT2D eigenvalue weighted by atomic mass is 32.2. The van der Waals surface area contributed by atoms with E-state index in [1.165, 1.54) is 11.8 Å². The van der Waals surface area contributed by atoms with Crippen LogP contribution in [0.15, 0.2) is 47.1 Å². The summed E-state index contributed by atoms with van der Waals surface area (Å²) in [5.74, 6) is 2.37. The lowest BCUT2D eigenvalue weighted by Gasteiger charge is -2.35. The fourth-order valence-electron chi connectivity index (χ4n) is 3.21. The van der Waals surface area contributed by atoms with Crippen molar-refractivity contribution in [3.8, 4) is 10.7 Å². The van der Waals surface area contributed by atoms with Gasteiger partial charge in [0.05, 0.1) is 10.6 Å². The van der Waals surface area contributed by atoms with Crippen LogP contribution < -0.4 is 4.90 Å². The second-order valence-corrected chi connectivity index (χ2v) is 8.26. The number of thioether (sulfide) groups is 1. The Kier molecular flexibility index (Phi) is 5.92. The molecule has 4 heterocycles. The molecular weight excluding hydrogens is 392 g/mol. The Morgan fingerprint density at radius 2 is 2.00 bits per heavy atom. The van der Waals surface area contributed by atoms with Crippen molar-refractivity contribution in [2.75, 3.05) is 36.8 Å². The Morgan fingerprint density at radius 1 is 1.14 bits per heavy atom. The number of thiophene rings is 1. The number of pyridine rings is 1. The molecule has 1 aliphatic rings. The van der Waals surface area contributed by atoms with E-state index >= 15 is 0 Å².